The third kappa shape index (κ3) is 9.74. The van der Waals surface area contributed by atoms with E-state index in [2.05, 4.69) is 22.7 Å². The van der Waals surface area contributed by atoms with Gasteiger partial charge in [-0.1, -0.05) is 118 Å². The third-order valence-corrected chi connectivity index (χ3v) is 9.17. The fourth-order valence-electron chi connectivity index (χ4n) is 5.67. The van der Waals surface area contributed by atoms with E-state index in [-0.39, 0.29) is 33.4 Å². The smallest absolute Gasteiger partial charge is 0.278 e. The summed E-state index contributed by atoms with van der Waals surface area (Å²) in [6.45, 7) is 2.64. The number of benzene rings is 2. The molecule has 2 N–H and O–H groups in total. The van der Waals surface area contributed by atoms with Gasteiger partial charge in [-0.3, -0.25) is 14.4 Å². The maximum atomic E-state index is 13.7. The number of halogens is 4. The van der Waals surface area contributed by atoms with Gasteiger partial charge in [-0.2, -0.15) is 5.01 Å². The number of nitrogens with one attached hydrogen (secondary N) is 2. The SMILES string of the molecule is CCCCCCCCCCCCCC(=O)Nc1ccc(Cl)c(NC2=NN(c3c(Cl)cc(Cl)cc3Cl)C(=O)C2N2CCCC2=O)c1. The molecule has 0 aliphatic carbocycles. The summed E-state index contributed by atoms with van der Waals surface area (Å²) in [7, 11) is 0. The Hall–Kier alpha value is -2.52. The number of carbonyl (C=O) groups excluding carboxylic acids is 3. The van der Waals surface area contributed by atoms with Crippen molar-refractivity contribution in [2.24, 2.45) is 5.10 Å². The van der Waals surface area contributed by atoms with Crippen molar-refractivity contribution in [2.45, 2.75) is 103 Å². The zero-order chi connectivity index (χ0) is 32.3. The maximum absolute atomic E-state index is 13.7. The van der Waals surface area contributed by atoms with Crippen LogP contribution in [0.2, 0.25) is 20.1 Å². The van der Waals surface area contributed by atoms with Crippen molar-refractivity contribution in [3.63, 3.8) is 0 Å². The first-order chi connectivity index (χ1) is 21.7. The Morgan fingerprint density at radius 2 is 1.49 bits per heavy atom. The summed E-state index contributed by atoms with van der Waals surface area (Å²) in [5.41, 5.74) is 1.13. The van der Waals surface area contributed by atoms with Gasteiger partial charge in [0, 0.05) is 30.1 Å². The molecule has 1 atom stereocenters. The van der Waals surface area contributed by atoms with Crippen molar-refractivity contribution in [1.29, 1.82) is 0 Å². The van der Waals surface area contributed by atoms with E-state index in [1.54, 1.807) is 18.2 Å². The normalized spacial score (nSPS) is 16.5. The lowest BCUT2D eigenvalue weighted by Gasteiger charge is -2.25. The second-order valence-corrected chi connectivity index (χ2v) is 13.3. The molecule has 2 heterocycles. The highest BCUT2D eigenvalue weighted by Crippen LogP contribution is 2.39. The first-order valence-corrected chi connectivity index (χ1v) is 17.4. The minimum atomic E-state index is -1.03. The molecule has 1 fully saturated rings. The van der Waals surface area contributed by atoms with Gasteiger partial charge < -0.3 is 15.5 Å². The molecule has 244 valence electrons. The maximum Gasteiger partial charge on any atom is 0.278 e. The van der Waals surface area contributed by atoms with Gasteiger partial charge in [0.25, 0.3) is 5.91 Å². The lowest BCUT2D eigenvalue weighted by molar-refractivity contribution is -0.133. The first kappa shape index (κ1) is 35.3. The lowest BCUT2D eigenvalue weighted by atomic mass is 10.1. The Kier molecular flexibility index (Phi) is 13.7. The number of anilines is 3. The van der Waals surface area contributed by atoms with Gasteiger partial charge in [-0.25, -0.2) is 0 Å². The molecular weight excluding hydrogens is 656 g/mol. The minimum Gasteiger partial charge on any atom is -0.339 e. The molecule has 2 aliphatic rings. The van der Waals surface area contributed by atoms with E-state index in [4.69, 9.17) is 46.4 Å². The highest BCUT2D eigenvalue weighted by molar-refractivity contribution is 6.43. The van der Waals surface area contributed by atoms with Gasteiger partial charge in [0.1, 0.15) is 5.69 Å². The van der Waals surface area contributed by atoms with E-state index in [0.717, 1.165) is 24.3 Å². The number of nitrogens with zero attached hydrogens (tertiary/aromatic N) is 3. The highest BCUT2D eigenvalue weighted by Gasteiger charge is 2.45. The Bertz CT molecular complexity index is 1380. The molecule has 1 unspecified atom stereocenters. The van der Waals surface area contributed by atoms with Crippen molar-refractivity contribution >= 4 is 87.0 Å². The van der Waals surface area contributed by atoms with Crippen molar-refractivity contribution in [3.8, 4) is 0 Å². The number of hydrogen-bond acceptors (Lipinski definition) is 5. The predicted molar refractivity (Wildman–Crippen MR) is 186 cm³/mol. The van der Waals surface area contributed by atoms with Gasteiger partial charge in [-0.05, 0) is 43.2 Å². The quantitative estimate of drug-likeness (QED) is 0.171. The van der Waals surface area contributed by atoms with E-state index in [0.29, 0.717) is 47.2 Å². The number of unbranched alkanes of at least 4 members (excludes halogenated alkanes) is 10. The van der Waals surface area contributed by atoms with E-state index in [9.17, 15) is 14.4 Å². The molecule has 2 aromatic rings. The highest BCUT2D eigenvalue weighted by atomic mass is 35.5. The first-order valence-electron chi connectivity index (χ1n) is 15.9. The molecule has 2 aliphatic heterocycles. The number of rotatable bonds is 16. The Balaban J connectivity index is 1.37. The van der Waals surface area contributed by atoms with Crippen LogP contribution in [0.25, 0.3) is 0 Å². The van der Waals surface area contributed by atoms with Crippen LogP contribution >= 0.6 is 46.4 Å². The van der Waals surface area contributed by atoms with Crippen molar-refractivity contribution < 1.29 is 14.4 Å². The number of amides is 3. The molecule has 4 rings (SSSR count). The summed E-state index contributed by atoms with van der Waals surface area (Å²) >= 11 is 25.4. The molecule has 0 bridgehead atoms. The molecule has 45 heavy (non-hydrogen) atoms. The molecule has 0 aromatic heterocycles. The van der Waals surface area contributed by atoms with Crippen molar-refractivity contribution in [1.82, 2.24) is 4.90 Å². The summed E-state index contributed by atoms with van der Waals surface area (Å²) in [4.78, 5) is 40.6. The molecular formula is C33H41Cl4N5O3. The molecule has 2 aromatic carbocycles. The molecule has 3 amide bonds. The topological polar surface area (TPSA) is 94.1 Å². The molecule has 0 saturated carbocycles. The number of likely N-dealkylation sites (tertiary alicyclic amines) is 1. The van der Waals surface area contributed by atoms with E-state index in [1.165, 1.54) is 68.4 Å². The minimum absolute atomic E-state index is 0.0775. The third-order valence-electron chi connectivity index (χ3n) is 8.04. The fraction of sp³-hybridized carbons (Fsp3) is 0.515. The van der Waals surface area contributed by atoms with E-state index < -0.39 is 11.9 Å². The number of carbonyl (C=O) groups is 3. The van der Waals surface area contributed by atoms with Gasteiger partial charge in [0.2, 0.25) is 11.8 Å². The van der Waals surface area contributed by atoms with Crippen LogP contribution in [-0.4, -0.2) is 41.0 Å². The summed E-state index contributed by atoms with van der Waals surface area (Å²) in [5.74, 6) is -0.547. The van der Waals surface area contributed by atoms with Crippen LogP contribution in [0.3, 0.4) is 0 Å². The number of hydrogen-bond donors (Lipinski definition) is 2. The van der Waals surface area contributed by atoms with Crippen molar-refractivity contribution in [3.05, 3.63) is 50.4 Å². The Labute approximate surface area is 285 Å². The van der Waals surface area contributed by atoms with Gasteiger partial charge >= 0.3 is 0 Å². The lowest BCUT2D eigenvalue weighted by Crippen LogP contribution is -2.49. The largest absolute Gasteiger partial charge is 0.339 e. The van der Waals surface area contributed by atoms with Crippen LogP contribution in [0, 0.1) is 0 Å². The second-order valence-electron chi connectivity index (χ2n) is 11.6. The molecule has 0 radical (unpaired) electrons. The van der Waals surface area contributed by atoms with Crippen LogP contribution in [0.15, 0.2) is 35.4 Å². The van der Waals surface area contributed by atoms with Crippen LogP contribution < -0.4 is 15.6 Å². The fourth-order valence-corrected chi connectivity index (χ4v) is 6.81. The molecule has 8 nitrogen and oxygen atoms in total. The second kappa shape index (κ2) is 17.4. The average molecular weight is 698 g/mol. The standard InChI is InChI=1S/C33H41Cl4N5O3/c1-2-3-4-5-6-7-8-9-10-11-12-14-28(43)38-23-16-17-24(35)27(21-23)39-32-31(41-18-13-15-29(41)44)33(45)42(40-32)30-25(36)19-22(34)20-26(30)37/h16-17,19-21,31H,2-15,18H2,1H3,(H,38,43)(H,39,40). The summed E-state index contributed by atoms with van der Waals surface area (Å²) in [6.07, 6.45) is 14.8. The van der Waals surface area contributed by atoms with Crippen LogP contribution in [0.1, 0.15) is 96.8 Å². The Morgan fingerprint density at radius 3 is 2.09 bits per heavy atom. The molecule has 1 saturated heterocycles. The van der Waals surface area contributed by atoms with Gasteiger partial charge in [0.15, 0.2) is 11.9 Å². The Morgan fingerprint density at radius 1 is 0.867 bits per heavy atom. The zero-order valence-corrected chi connectivity index (χ0v) is 28.7. The molecule has 12 heteroatoms. The average Bonchev–Trinajstić information content (AvgIpc) is 3.54. The summed E-state index contributed by atoms with van der Waals surface area (Å²) in [6, 6.07) is 6.95. The zero-order valence-electron chi connectivity index (χ0n) is 25.6. The number of amidine groups is 1. The summed E-state index contributed by atoms with van der Waals surface area (Å²) in [5, 5.41) is 12.6. The van der Waals surface area contributed by atoms with Crippen LogP contribution in [0.4, 0.5) is 17.1 Å². The van der Waals surface area contributed by atoms with Crippen LogP contribution in [-0.2, 0) is 14.4 Å². The van der Waals surface area contributed by atoms with Crippen molar-refractivity contribution in [2.75, 3.05) is 22.2 Å². The van der Waals surface area contributed by atoms with Crippen LogP contribution in [0.5, 0.6) is 0 Å². The summed E-state index contributed by atoms with van der Waals surface area (Å²) < 4.78 is 0. The monoisotopic (exact) mass is 695 g/mol. The molecule has 0 spiro atoms. The number of hydrazone groups is 1. The van der Waals surface area contributed by atoms with Gasteiger partial charge in [0.05, 0.1) is 20.8 Å². The van der Waals surface area contributed by atoms with E-state index in [1.807, 2.05) is 0 Å². The van der Waals surface area contributed by atoms with E-state index >= 15 is 0 Å². The van der Waals surface area contributed by atoms with Gasteiger partial charge in [-0.15, -0.1) is 5.10 Å². The predicted octanol–water partition coefficient (Wildman–Crippen LogP) is 9.70.